The fourth-order valence-electron chi connectivity index (χ4n) is 3.57. The average molecular weight is 388 g/mol. The molecule has 26 heavy (non-hydrogen) atoms. The molecular formula is C17H29N3O5S. The minimum absolute atomic E-state index is 0.00692. The third kappa shape index (κ3) is 4.63. The van der Waals surface area contributed by atoms with Crippen molar-refractivity contribution in [1.82, 2.24) is 14.8 Å². The molecule has 2 atom stereocenters. The van der Waals surface area contributed by atoms with Gasteiger partial charge in [0, 0.05) is 33.2 Å². The van der Waals surface area contributed by atoms with E-state index in [4.69, 9.17) is 9.26 Å². The number of nitrogens with zero attached hydrogens (tertiary/aromatic N) is 2. The Bertz CT molecular complexity index is 696. The molecule has 8 nitrogen and oxygen atoms in total. The monoisotopic (exact) mass is 387 g/mol. The summed E-state index contributed by atoms with van der Waals surface area (Å²) < 4.78 is 37.4. The molecule has 1 aliphatic rings. The number of aryl methyl sites for hydroxylation is 2. The second kappa shape index (κ2) is 8.96. The molecule has 1 aliphatic heterocycles. The lowest BCUT2D eigenvalue weighted by Gasteiger charge is -2.37. The summed E-state index contributed by atoms with van der Waals surface area (Å²) in [5, 5.41) is 6.60. The zero-order chi connectivity index (χ0) is 19.3. The van der Waals surface area contributed by atoms with Gasteiger partial charge in [-0.15, -0.1) is 0 Å². The van der Waals surface area contributed by atoms with Gasteiger partial charge in [-0.05, 0) is 32.1 Å². The maximum Gasteiger partial charge on any atom is 0.248 e. The van der Waals surface area contributed by atoms with Crippen LogP contribution in [0.4, 0.5) is 0 Å². The smallest absolute Gasteiger partial charge is 0.248 e. The van der Waals surface area contributed by atoms with Crippen LogP contribution in [0.5, 0.6) is 0 Å². The van der Waals surface area contributed by atoms with Crippen LogP contribution in [-0.4, -0.2) is 57.1 Å². The van der Waals surface area contributed by atoms with Gasteiger partial charge in [0.2, 0.25) is 15.9 Å². The van der Waals surface area contributed by atoms with Crippen molar-refractivity contribution >= 4 is 15.9 Å². The van der Waals surface area contributed by atoms with Crippen LogP contribution in [0.1, 0.15) is 37.6 Å². The first-order chi connectivity index (χ1) is 12.3. The highest BCUT2D eigenvalue weighted by molar-refractivity contribution is 7.89. The number of piperidine rings is 1. The highest BCUT2D eigenvalue weighted by Crippen LogP contribution is 2.33. The lowest BCUT2D eigenvalue weighted by Crippen LogP contribution is -2.45. The van der Waals surface area contributed by atoms with E-state index in [0.717, 1.165) is 6.42 Å². The number of nitrogens with one attached hydrogen (secondary N) is 1. The number of sulfonamides is 1. The molecule has 2 rings (SSSR count). The summed E-state index contributed by atoms with van der Waals surface area (Å²) in [4.78, 5) is 12.3. The molecule has 2 heterocycles. The van der Waals surface area contributed by atoms with Gasteiger partial charge in [0.05, 0.1) is 6.61 Å². The fourth-order valence-corrected chi connectivity index (χ4v) is 5.37. The molecule has 148 valence electrons. The quantitative estimate of drug-likeness (QED) is 0.678. The zero-order valence-corrected chi connectivity index (χ0v) is 16.8. The van der Waals surface area contributed by atoms with Crippen LogP contribution >= 0.6 is 0 Å². The van der Waals surface area contributed by atoms with E-state index in [1.807, 2.05) is 6.92 Å². The predicted molar refractivity (Wildman–Crippen MR) is 96.1 cm³/mol. The molecular weight excluding hydrogens is 358 g/mol. The lowest BCUT2D eigenvalue weighted by molar-refractivity contribution is -0.123. The first-order valence-corrected chi connectivity index (χ1v) is 10.4. The van der Waals surface area contributed by atoms with E-state index in [-0.39, 0.29) is 22.6 Å². The number of carbonyl (C=O) groups excluding carboxylic acids is 1. The summed E-state index contributed by atoms with van der Waals surface area (Å²) in [6.45, 7) is 7.08. The Balaban J connectivity index is 2.04. The normalized spacial score (nSPS) is 21.7. The highest BCUT2D eigenvalue weighted by Gasteiger charge is 2.38. The minimum Gasteiger partial charge on any atom is -0.383 e. The molecule has 1 aromatic heterocycles. The third-order valence-electron chi connectivity index (χ3n) is 5.02. The van der Waals surface area contributed by atoms with E-state index in [2.05, 4.69) is 10.5 Å². The average Bonchev–Trinajstić information content (AvgIpc) is 2.94. The molecule has 1 amide bonds. The van der Waals surface area contributed by atoms with E-state index >= 15 is 0 Å². The standard InChI is InChI=1S/C17H29N3O5S/c1-5-14-11-20(26(22,23)17-12(2)19-25-13(17)3)8-6-15(14)10-16(21)18-7-9-24-4/h14-15H,5-11H2,1-4H3,(H,18,21). The zero-order valence-electron chi connectivity index (χ0n) is 15.9. The van der Waals surface area contributed by atoms with E-state index in [9.17, 15) is 13.2 Å². The summed E-state index contributed by atoms with van der Waals surface area (Å²) in [7, 11) is -2.04. The first kappa shape index (κ1) is 20.9. The molecule has 1 saturated heterocycles. The number of methoxy groups -OCH3 is 1. The predicted octanol–water partition coefficient (Wildman–Crippen LogP) is 1.48. The maximum atomic E-state index is 13.0. The van der Waals surface area contributed by atoms with Crippen LogP contribution in [0.3, 0.4) is 0 Å². The molecule has 0 bridgehead atoms. The van der Waals surface area contributed by atoms with Crippen LogP contribution in [0.15, 0.2) is 9.42 Å². The third-order valence-corrected chi connectivity index (χ3v) is 7.13. The lowest BCUT2D eigenvalue weighted by atomic mass is 9.82. The molecule has 9 heteroatoms. The van der Waals surface area contributed by atoms with E-state index < -0.39 is 10.0 Å². The largest absolute Gasteiger partial charge is 0.383 e. The van der Waals surface area contributed by atoms with E-state index in [0.29, 0.717) is 50.5 Å². The summed E-state index contributed by atoms with van der Waals surface area (Å²) in [6, 6.07) is 0. The Morgan fingerprint density at radius 2 is 2.12 bits per heavy atom. The first-order valence-electron chi connectivity index (χ1n) is 8.99. The van der Waals surface area contributed by atoms with Gasteiger partial charge >= 0.3 is 0 Å². The van der Waals surface area contributed by atoms with Gasteiger partial charge in [-0.2, -0.15) is 4.31 Å². The van der Waals surface area contributed by atoms with Gasteiger partial charge in [0.1, 0.15) is 10.6 Å². The van der Waals surface area contributed by atoms with Crippen molar-refractivity contribution in [3.05, 3.63) is 11.5 Å². The van der Waals surface area contributed by atoms with Crippen molar-refractivity contribution in [1.29, 1.82) is 0 Å². The van der Waals surface area contributed by atoms with Crippen LogP contribution in [0.25, 0.3) is 0 Å². The van der Waals surface area contributed by atoms with Gasteiger partial charge < -0.3 is 14.6 Å². The molecule has 0 spiro atoms. The molecule has 2 unspecified atom stereocenters. The second-order valence-corrected chi connectivity index (χ2v) is 8.66. The van der Waals surface area contributed by atoms with Crippen molar-refractivity contribution < 1.29 is 22.5 Å². The maximum absolute atomic E-state index is 13.0. The van der Waals surface area contributed by atoms with Crippen LogP contribution in [0, 0.1) is 25.7 Å². The molecule has 1 fully saturated rings. The molecule has 0 aliphatic carbocycles. The van der Waals surface area contributed by atoms with Gasteiger partial charge in [0.25, 0.3) is 0 Å². The Labute approximate surface area is 155 Å². The van der Waals surface area contributed by atoms with Crippen molar-refractivity contribution in [2.24, 2.45) is 11.8 Å². The Morgan fingerprint density at radius 1 is 1.38 bits per heavy atom. The fraction of sp³-hybridized carbons (Fsp3) is 0.765. The molecule has 1 aromatic rings. The van der Waals surface area contributed by atoms with Crippen LogP contribution in [0.2, 0.25) is 0 Å². The minimum atomic E-state index is -3.63. The molecule has 0 saturated carbocycles. The van der Waals surface area contributed by atoms with Crippen LogP contribution < -0.4 is 5.32 Å². The molecule has 1 N–H and O–H groups in total. The number of hydrogen-bond acceptors (Lipinski definition) is 6. The second-order valence-electron chi connectivity index (χ2n) is 6.78. The Kier molecular flexibility index (Phi) is 7.19. The van der Waals surface area contributed by atoms with Crippen molar-refractivity contribution in [3.63, 3.8) is 0 Å². The van der Waals surface area contributed by atoms with Gasteiger partial charge in [-0.3, -0.25) is 4.79 Å². The topological polar surface area (TPSA) is 102 Å². The summed E-state index contributed by atoms with van der Waals surface area (Å²) in [5.74, 6) is 0.633. The number of rotatable bonds is 8. The van der Waals surface area contributed by atoms with Crippen LogP contribution in [-0.2, 0) is 19.6 Å². The number of aromatic nitrogens is 1. The van der Waals surface area contributed by atoms with Crippen molar-refractivity contribution in [2.75, 3.05) is 33.4 Å². The SMILES string of the molecule is CCC1CN(S(=O)(=O)c2c(C)noc2C)CCC1CC(=O)NCCOC. The summed E-state index contributed by atoms with van der Waals surface area (Å²) in [5.41, 5.74) is 0.384. The number of hydrogen-bond donors (Lipinski definition) is 1. The highest BCUT2D eigenvalue weighted by atomic mass is 32.2. The van der Waals surface area contributed by atoms with Crippen molar-refractivity contribution in [2.45, 2.75) is 44.9 Å². The number of ether oxygens (including phenoxy) is 1. The molecule has 0 aromatic carbocycles. The van der Waals surface area contributed by atoms with E-state index in [1.54, 1.807) is 21.0 Å². The molecule has 0 radical (unpaired) electrons. The Hall–Kier alpha value is -1.45. The number of amides is 1. The van der Waals surface area contributed by atoms with Gasteiger partial charge in [-0.1, -0.05) is 18.5 Å². The number of carbonyl (C=O) groups is 1. The summed E-state index contributed by atoms with van der Waals surface area (Å²) >= 11 is 0. The Morgan fingerprint density at radius 3 is 2.69 bits per heavy atom. The van der Waals surface area contributed by atoms with Crippen molar-refractivity contribution in [3.8, 4) is 0 Å². The van der Waals surface area contributed by atoms with Gasteiger partial charge in [-0.25, -0.2) is 8.42 Å². The van der Waals surface area contributed by atoms with E-state index in [1.165, 1.54) is 4.31 Å². The summed E-state index contributed by atoms with van der Waals surface area (Å²) in [6.07, 6.45) is 1.91. The van der Waals surface area contributed by atoms with Gasteiger partial charge in [0.15, 0.2) is 5.76 Å².